The molecule has 0 bridgehead atoms. The maximum Gasteiger partial charge on any atom is 0.407 e. The van der Waals surface area contributed by atoms with E-state index in [-0.39, 0.29) is 12.1 Å². The quantitative estimate of drug-likeness (QED) is 0.757. The fraction of sp³-hybridized carbons (Fsp3) is 0.947. The summed E-state index contributed by atoms with van der Waals surface area (Å²) in [4.78, 5) is 12.0. The molecule has 4 nitrogen and oxygen atoms in total. The van der Waals surface area contributed by atoms with Crippen molar-refractivity contribution in [3.05, 3.63) is 0 Å². The molecule has 0 heterocycles. The number of nitrogens with one attached hydrogen (secondary N) is 2. The first-order chi connectivity index (χ1) is 10.8. The van der Waals surface area contributed by atoms with Crippen molar-refractivity contribution in [2.75, 3.05) is 0 Å². The molecule has 1 amide bonds. The minimum atomic E-state index is -0.423. The molecule has 0 saturated heterocycles. The van der Waals surface area contributed by atoms with Gasteiger partial charge in [-0.25, -0.2) is 4.79 Å². The fourth-order valence-corrected chi connectivity index (χ4v) is 3.93. The lowest BCUT2D eigenvalue weighted by molar-refractivity contribution is 0.0488. The van der Waals surface area contributed by atoms with E-state index in [9.17, 15) is 4.79 Å². The molecular weight excluding hydrogens is 288 g/mol. The number of alkyl carbamates (subject to hydrolysis) is 1. The molecule has 0 aliphatic heterocycles. The number of amides is 1. The number of hydrogen-bond acceptors (Lipinski definition) is 3. The van der Waals surface area contributed by atoms with Crippen LogP contribution in [0.25, 0.3) is 0 Å². The molecule has 2 N–H and O–H groups in total. The summed E-state index contributed by atoms with van der Waals surface area (Å²) in [7, 11) is 0. The lowest BCUT2D eigenvalue weighted by atomic mass is 9.90. The number of hydrogen-bond donors (Lipinski definition) is 2. The van der Waals surface area contributed by atoms with Gasteiger partial charge in [-0.05, 0) is 71.6 Å². The van der Waals surface area contributed by atoms with Gasteiger partial charge in [-0.15, -0.1) is 0 Å². The predicted octanol–water partition coefficient (Wildman–Crippen LogP) is 4.38. The van der Waals surface area contributed by atoms with Crippen molar-refractivity contribution >= 4 is 6.09 Å². The molecule has 4 heteroatoms. The molecule has 0 radical (unpaired) electrons. The second-order valence-electron chi connectivity index (χ2n) is 8.68. The summed E-state index contributed by atoms with van der Waals surface area (Å²) >= 11 is 0. The summed E-state index contributed by atoms with van der Waals surface area (Å²) < 4.78 is 5.38. The zero-order chi connectivity index (χ0) is 16.9. The highest BCUT2D eigenvalue weighted by molar-refractivity contribution is 5.68. The normalized spacial score (nSPS) is 32.9. The van der Waals surface area contributed by atoms with Gasteiger partial charge in [-0.2, -0.15) is 0 Å². The Bertz CT molecular complexity index is 378. The van der Waals surface area contributed by atoms with E-state index in [1.54, 1.807) is 0 Å². The monoisotopic (exact) mass is 324 g/mol. The Balaban J connectivity index is 1.75. The highest BCUT2D eigenvalue weighted by Gasteiger charge is 2.27. The van der Waals surface area contributed by atoms with Gasteiger partial charge in [0.15, 0.2) is 0 Å². The van der Waals surface area contributed by atoms with E-state index in [1.165, 1.54) is 44.9 Å². The van der Waals surface area contributed by atoms with E-state index in [2.05, 4.69) is 17.6 Å². The first-order valence-corrected chi connectivity index (χ1v) is 9.57. The Kier molecular flexibility index (Phi) is 6.75. The first kappa shape index (κ1) is 18.6. The van der Waals surface area contributed by atoms with Gasteiger partial charge < -0.3 is 15.4 Å². The Morgan fingerprint density at radius 2 is 1.57 bits per heavy atom. The van der Waals surface area contributed by atoms with Crippen molar-refractivity contribution in [1.29, 1.82) is 0 Å². The minimum absolute atomic E-state index is 0.251. The molecule has 2 rings (SSSR count). The lowest BCUT2D eigenvalue weighted by Gasteiger charge is -2.33. The molecule has 0 spiro atoms. The van der Waals surface area contributed by atoms with Crippen molar-refractivity contribution in [3.63, 3.8) is 0 Å². The van der Waals surface area contributed by atoms with Crippen LogP contribution in [0.4, 0.5) is 4.79 Å². The summed E-state index contributed by atoms with van der Waals surface area (Å²) in [5.74, 6) is 0.884. The molecule has 2 fully saturated rings. The molecule has 23 heavy (non-hydrogen) atoms. The summed E-state index contributed by atoms with van der Waals surface area (Å²) in [6.45, 7) is 8.10. The van der Waals surface area contributed by atoms with E-state index >= 15 is 0 Å². The third kappa shape index (κ3) is 7.11. The molecule has 2 aliphatic rings. The second-order valence-corrected chi connectivity index (χ2v) is 8.68. The third-order valence-corrected chi connectivity index (χ3v) is 5.12. The van der Waals surface area contributed by atoms with E-state index in [4.69, 9.17) is 4.74 Å². The average Bonchev–Trinajstić information content (AvgIpc) is 2.62. The SMILES string of the molecule is CC1CCCC(NC2CCCC(NC(=O)OC(C)(C)C)C2)CC1. The number of ether oxygens (including phenoxy) is 1. The van der Waals surface area contributed by atoms with Crippen LogP contribution in [0.15, 0.2) is 0 Å². The molecule has 134 valence electrons. The van der Waals surface area contributed by atoms with Crippen molar-refractivity contribution in [3.8, 4) is 0 Å². The summed E-state index contributed by atoms with van der Waals surface area (Å²) in [5.41, 5.74) is -0.423. The molecule has 0 aromatic heterocycles. The first-order valence-electron chi connectivity index (χ1n) is 9.57. The fourth-order valence-electron chi connectivity index (χ4n) is 3.93. The van der Waals surface area contributed by atoms with Crippen LogP contribution in [0.2, 0.25) is 0 Å². The Labute approximate surface area is 142 Å². The van der Waals surface area contributed by atoms with Crippen LogP contribution in [0.3, 0.4) is 0 Å². The Morgan fingerprint density at radius 1 is 0.913 bits per heavy atom. The van der Waals surface area contributed by atoms with Gasteiger partial charge >= 0.3 is 6.09 Å². The van der Waals surface area contributed by atoms with E-state index in [1.807, 2.05) is 20.8 Å². The average molecular weight is 325 g/mol. The summed E-state index contributed by atoms with van der Waals surface area (Å²) in [6, 6.07) is 1.47. The third-order valence-electron chi connectivity index (χ3n) is 5.12. The van der Waals surface area contributed by atoms with Crippen molar-refractivity contribution in [1.82, 2.24) is 10.6 Å². The van der Waals surface area contributed by atoms with Crippen LogP contribution in [-0.4, -0.2) is 29.8 Å². The second kappa shape index (κ2) is 8.36. The maximum atomic E-state index is 12.0. The summed E-state index contributed by atoms with van der Waals surface area (Å²) in [6.07, 6.45) is 10.9. The molecule has 2 aliphatic carbocycles. The van der Waals surface area contributed by atoms with Gasteiger partial charge in [0.1, 0.15) is 5.60 Å². The number of carbonyl (C=O) groups is 1. The van der Waals surface area contributed by atoms with E-state index in [0.717, 1.165) is 18.8 Å². The van der Waals surface area contributed by atoms with Crippen LogP contribution in [0.1, 0.15) is 85.5 Å². The van der Waals surface area contributed by atoms with Gasteiger partial charge in [-0.1, -0.05) is 19.8 Å². The van der Waals surface area contributed by atoms with Crippen LogP contribution >= 0.6 is 0 Å². The molecular formula is C19H36N2O2. The van der Waals surface area contributed by atoms with E-state index < -0.39 is 5.60 Å². The topological polar surface area (TPSA) is 50.4 Å². The number of rotatable bonds is 3. The largest absolute Gasteiger partial charge is 0.444 e. The van der Waals surface area contributed by atoms with Crippen LogP contribution < -0.4 is 10.6 Å². The number of carbonyl (C=O) groups excluding carboxylic acids is 1. The zero-order valence-electron chi connectivity index (χ0n) is 15.5. The summed E-state index contributed by atoms with van der Waals surface area (Å²) in [5, 5.41) is 6.94. The van der Waals surface area contributed by atoms with Gasteiger partial charge in [0.05, 0.1) is 0 Å². The van der Waals surface area contributed by atoms with E-state index in [0.29, 0.717) is 12.1 Å². The maximum absolute atomic E-state index is 12.0. The van der Waals surface area contributed by atoms with Crippen LogP contribution in [-0.2, 0) is 4.74 Å². The molecule has 4 atom stereocenters. The zero-order valence-corrected chi connectivity index (χ0v) is 15.5. The van der Waals surface area contributed by atoms with Crippen molar-refractivity contribution < 1.29 is 9.53 Å². The molecule has 0 aromatic carbocycles. The van der Waals surface area contributed by atoms with Gasteiger partial charge in [0.25, 0.3) is 0 Å². The Morgan fingerprint density at radius 3 is 2.30 bits per heavy atom. The minimum Gasteiger partial charge on any atom is -0.444 e. The van der Waals surface area contributed by atoms with Gasteiger partial charge in [0, 0.05) is 18.1 Å². The molecule has 4 unspecified atom stereocenters. The van der Waals surface area contributed by atoms with Gasteiger partial charge in [-0.3, -0.25) is 0 Å². The van der Waals surface area contributed by atoms with Gasteiger partial charge in [0.2, 0.25) is 0 Å². The highest BCUT2D eigenvalue weighted by atomic mass is 16.6. The molecule has 2 saturated carbocycles. The van der Waals surface area contributed by atoms with Crippen molar-refractivity contribution in [2.45, 2.75) is 109 Å². The molecule has 0 aromatic rings. The smallest absolute Gasteiger partial charge is 0.407 e. The van der Waals surface area contributed by atoms with Crippen LogP contribution in [0, 0.1) is 5.92 Å². The standard InChI is InChI=1S/C19H36N2O2/c1-14-7-5-8-15(12-11-14)20-16-9-6-10-17(13-16)21-18(22)23-19(2,3)4/h14-17,20H,5-13H2,1-4H3,(H,21,22). The predicted molar refractivity (Wildman–Crippen MR) is 94.6 cm³/mol. The van der Waals surface area contributed by atoms with Crippen LogP contribution in [0.5, 0.6) is 0 Å². The highest BCUT2D eigenvalue weighted by Crippen LogP contribution is 2.25. The van der Waals surface area contributed by atoms with Crippen molar-refractivity contribution in [2.24, 2.45) is 5.92 Å². The lowest BCUT2D eigenvalue weighted by Crippen LogP contribution is -2.47. The Hall–Kier alpha value is -0.770.